The van der Waals surface area contributed by atoms with E-state index in [0.29, 0.717) is 5.91 Å². The summed E-state index contributed by atoms with van der Waals surface area (Å²) >= 11 is 3.44. The van der Waals surface area contributed by atoms with Gasteiger partial charge in [0.05, 0.1) is 15.2 Å². The zero-order valence-corrected chi connectivity index (χ0v) is 17.4. The maximum absolute atomic E-state index is 13.4. The second-order valence-electron chi connectivity index (χ2n) is 7.64. The van der Waals surface area contributed by atoms with Crippen LogP contribution in [0.5, 0.6) is 0 Å². The van der Waals surface area contributed by atoms with Gasteiger partial charge < -0.3 is 9.80 Å². The highest BCUT2D eigenvalue weighted by Crippen LogP contribution is 2.41. The van der Waals surface area contributed by atoms with E-state index in [-0.39, 0.29) is 11.8 Å². The molecule has 1 aliphatic heterocycles. The second-order valence-corrected chi connectivity index (χ2v) is 9.58. The largest absolute Gasteiger partial charge is 0.345 e. The molecule has 3 aromatic rings. The average molecular weight is 413 g/mol. The monoisotopic (exact) mass is 412 g/mol. The van der Waals surface area contributed by atoms with Crippen LogP contribution in [-0.4, -0.2) is 47.0 Å². The molecule has 2 aromatic heterocycles. The van der Waals surface area contributed by atoms with Gasteiger partial charge in [0.2, 0.25) is 5.91 Å². The van der Waals surface area contributed by atoms with Crippen molar-refractivity contribution in [3.8, 4) is 0 Å². The normalized spacial score (nSPS) is 23.3. The Balaban J connectivity index is 1.31. The van der Waals surface area contributed by atoms with Gasteiger partial charge in [-0.05, 0) is 25.0 Å². The van der Waals surface area contributed by atoms with Gasteiger partial charge in [0.25, 0.3) is 0 Å². The lowest BCUT2D eigenvalue weighted by Gasteiger charge is -2.38. The maximum Gasteiger partial charge on any atom is 0.226 e. The van der Waals surface area contributed by atoms with Gasteiger partial charge in [-0.15, -0.1) is 22.7 Å². The molecule has 1 saturated heterocycles. The minimum Gasteiger partial charge on any atom is -0.345 e. The number of piperazine rings is 1. The number of rotatable bonds is 3. The van der Waals surface area contributed by atoms with Crippen molar-refractivity contribution >= 4 is 43.9 Å². The first-order valence-electron chi connectivity index (χ1n) is 10.1. The van der Waals surface area contributed by atoms with Gasteiger partial charge in [0, 0.05) is 49.6 Å². The first-order valence-corrected chi connectivity index (χ1v) is 11.8. The van der Waals surface area contributed by atoms with Gasteiger partial charge in [-0.3, -0.25) is 4.79 Å². The number of thiazole rings is 2. The van der Waals surface area contributed by atoms with E-state index >= 15 is 0 Å². The molecule has 146 valence electrons. The van der Waals surface area contributed by atoms with Crippen molar-refractivity contribution in [2.75, 3.05) is 31.1 Å². The number of nitrogens with zero attached hydrogens (tertiary/aromatic N) is 4. The van der Waals surface area contributed by atoms with E-state index in [2.05, 4.69) is 33.0 Å². The molecule has 0 spiro atoms. The quantitative estimate of drug-likeness (QED) is 0.641. The molecule has 5 nitrogen and oxygen atoms in total. The Bertz CT molecular complexity index is 913. The fraction of sp³-hybridized carbons (Fsp3) is 0.476. The number of aromatic nitrogens is 2. The number of hydrogen-bond donors (Lipinski definition) is 0. The minimum absolute atomic E-state index is 0.0840. The molecule has 7 heteroatoms. The molecule has 5 rings (SSSR count). The topological polar surface area (TPSA) is 49.3 Å². The molecule has 1 aliphatic carbocycles. The Morgan fingerprint density at radius 1 is 1.07 bits per heavy atom. The summed E-state index contributed by atoms with van der Waals surface area (Å²) in [5.41, 5.74) is 1.07. The number of amides is 1. The molecule has 2 fully saturated rings. The van der Waals surface area contributed by atoms with Crippen molar-refractivity contribution in [2.45, 2.75) is 31.6 Å². The summed E-state index contributed by atoms with van der Waals surface area (Å²) in [7, 11) is 0. The van der Waals surface area contributed by atoms with Crippen LogP contribution >= 0.6 is 22.7 Å². The van der Waals surface area contributed by atoms with Gasteiger partial charge in [-0.1, -0.05) is 25.0 Å². The van der Waals surface area contributed by atoms with E-state index in [1.54, 1.807) is 22.7 Å². The first kappa shape index (κ1) is 18.1. The van der Waals surface area contributed by atoms with Crippen LogP contribution in [0.1, 0.15) is 36.6 Å². The van der Waals surface area contributed by atoms with E-state index < -0.39 is 0 Å². The Morgan fingerprint density at radius 2 is 1.89 bits per heavy atom. The van der Waals surface area contributed by atoms with E-state index in [1.807, 2.05) is 17.6 Å². The standard InChI is InChI=1S/C21H24N4OS2/c26-20(24-10-12-25(13-11-24)21-22-9-14-27-21)16-6-2-1-5-15(16)19-23-17-7-3-4-8-18(17)28-19/h3-4,7-9,14-16H,1-2,5-6,10-13H2. The Morgan fingerprint density at radius 3 is 2.68 bits per heavy atom. The van der Waals surface area contributed by atoms with Gasteiger partial charge >= 0.3 is 0 Å². The average Bonchev–Trinajstić information content (AvgIpc) is 3.43. The summed E-state index contributed by atoms with van der Waals surface area (Å²) in [6.45, 7) is 3.33. The van der Waals surface area contributed by atoms with Crippen LogP contribution in [0.25, 0.3) is 10.2 Å². The Labute approximate surface area is 173 Å². The number of hydrogen-bond acceptors (Lipinski definition) is 6. The molecule has 2 unspecified atom stereocenters. The fourth-order valence-electron chi connectivity index (χ4n) is 4.50. The SMILES string of the molecule is O=C(C1CCCCC1c1nc2ccccc2s1)N1CCN(c2nccs2)CC1. The van der Waals surface area contributed by atoms with Crippen molar-refractivity contribution in [1.29, 1.82) is 0 Å². The molecular weight excluding hydrogens is 388 g/mol. The number of benzene rings is 1. The van der Waals surface area contributed by atoms with Crippen LogP contribution in [0.2, 0.25) is 0 Å². The molecule has 1 amide bonds. The Kier molecular flexibility index (Phi) is 5.03. The molecule has 2 aliphatic rings. The second kappa shape index (κ2) is 7.79. The van der Waals surface area contributed by atoms with Gasteiger partial charge in [-0.25, -0.2) is 9.97 Å². The third-order valence-electron chi connectivity index (χ3n) is 5.99. The highest BCUT2D eigenvalue weighted by Gasteiger charge is 2.37. The molecule has 1 aromatic carbocycles. The summed E-state index contributed by atoms with van der Waals surface area (Å²) in [5.74, 6) is 0.694. The molecule has 0 N–H and O–H groups in total. The number of para-hydroxylation sites is 1. The van der Waals surface area contributed by atoms with Crippen molar-refractivity contribution in [3.63, 3.8) is 0 Å². The summed E-state index contributed by atoms with van der Waals surface area (Å²) < 4.78 is 1.23. The number of carbonyl (C=O) groups is 1. The first-order chi connectivity index (χ1) is 13.8. The molecule has 1 saturated carbocycles. The highest BCUT2D eigenvalue weighted by atomic mass is 32.1. The van der Waals surface area contributed by atoms with Gasteiger partial charge in [-0.2, -0.15) is 0 Å². The third kappa shape index (κ3) is 3.42. The molecule has 0 bridgehead atoms. The fourth-order valence-corrected chi connectivity index (χ4v) is 6.36. The molecule has 2 atom stereocenters. The van der Waals surface area contributed by atoms with Crippen LogP contribution in [0, 0.1) is 5.92 Å². The van der Waals surface area contributed by atoms with E-state index in [9.17, 15) is 4.79 Å². The zero-order chi connectivity index (χ0) is 18.9. The third-order valence-corrected chi connectivity index (χ3v) is 7.99. The zero-order valence-electron chi connectivity index (χ0n) is 15.8. The van der Waals surface area contributed by atoms with Gasteiger partial charge in [0.1, 0.15) is 0 Å². The summed E-state index contributed by atoms with van der Waals surface area (Å²) in [6.07, 6.45) is 6.27. The predicted molar refractivity (Wildman–Crippen MR) is 115 cm³/mol. The van der Waals surface area contributed by atoms with Crippen molar-refractivity contribution in [3.05, 3.63) is 40.8 Å². The maximum atomic E-state index is 13.4. The van der Waals surface area contributed by atoms with Crippen LogP contribution in [0.15, 0.2) is 35.8 Å². The van der Waals surface area contributed by atoms with E-state index in [0.717, 1.165) is 61.1 Å². The lowest BCUT2D eigenvalue weighted by atomic mass is 9.78. The number of carbonyl (C=O) groups excluding carboxylic acids is 1. The summed E-state index contributed by atoms with van der Waals surface area (Å²) in [4.78, 5) is 27.1. The smallest absolute Gasteiger partial charge is 0.226 e. The van der Waals surface area contributed by atoms with Gasteiger partial charge in [0.15, 0.2) is 5.13 Å². The summed E-state index contributed by atoms with van der Waals surface area (Å²) in [5, 5.41) is 4.23. The van der Waals surface area contributed by atoms with Crippen LogP contribution < -0.4 is 4.90 Å². The molecule has 0 radical (unpaired) electrons. The van der Waals surface area contributed by atoms with Crippen LogP contribution in [-0.2, 0) is 4.79 Å². The van der Waals surface area contributed by atoms with Crippen molar-refractivity contribution in [1.82, 2.24) is 14.9 Å². The minimum atomic E-state index is 0.0840. The van der Waals surface area contributed by atoms with Crippen LogP contribution in [0.4, 0.5) is 5.13 Å². The lowest BCUT2D eigenvalue weighted by Crippen LogP contribution is -2.51. The highest BCUT2D eigenvalue weighted by molar-refractivity contribution is 7.18. The molecule has 28 heavy (non-hydrogen) atoms. The van der Waals surface area contributed by atoms with E-state index in [1.165, 1.54) is 11.1 Å². The lowest BCUT2D eigenvalue weighted by molar-refractivity contribution is -0.137. The van der Waals surface area contributed by atoms with Crippen molar-refractivity contribution in [2.24, 2.45) is 5.92 Å². The molecule has 3 heterocycles. The summed E-state index contributed by atoms with van der Waals surface area (Å²) in [6, 6.07) is 8.31. The Hall–Kier alpha value is -1.99. The van der Waals surface area contributed by atoms with Crippen molar-refractivity contribution < 1.29 is 4.79 Å². The van der Waals surface area contributed by atoms with E-state index in [4.69, 9.17) is 4.98 Å². The predicted octanol–water partition coefficient (Wildman–Crippen LogP) is 4.38. The van der Waals surface area contributed by atoms with Crippen LogP contribution in [0.3, 0.4) is 0 Å². The number of anilines is 1. The molecular formula is C21H24N4OS2. The number of fused-ring (bicyclic) bond motifs is 1.